The van der Waals surface area contributed by atoms with Gasteiger partial charge in [-0.3, -0.25) is 4.31 Å². The normalized spacial score (nSPS) is 18.1. The van der Waals surface area contributed by atoms with Gasteiger partial charge in [-0.05, 0) is 31.0 Å². The van der Waals surface area contributed by atoms with E-state index < -0.39 is 16.1 Å². The Morgan fingerprint density at radius 3 is 2.35 bits per heavy atom. The Bertz CT molecular complexity index is 811. The van der Waals surface area contributed by atoms with Gasteiger partial charge in [0.2, 0.25) is 0 Å². The lowest BCUT2D eigenvalue weighted by molar-refractivity contribution is 0.225. The van der Waals surface area contributed by atoms with Crippen molar-refractivity contribution >= 4 is 15.7 Å². The first-order valence-electron chi connectivity index (χ1n) is 7.51. The minimum atomic E-state index is -3.71. The predicted octanol–water partition coefficient (Wildman–Crippen LogP) is 2.79. The minimum Gasteiger partial charge on any atom is -0.394 e. The van der Waals surface area contributed by atoms with E-state index in [9.17, 15) is 13.5 Å². The Kier molecular flexibility index (Phi) is 4.24. The van der Waals surface area contributed by atoms with Gasteiger partial charge in [0.15, 0.2) is 0 Å². The van der Waals surface area contributed by atoms with E-state index in [1.807, 2.05) is 43.3 Å². The number of aliphatic hydroxyl groups is 1. The van der Waals surface area contributed by atoms with Crippen LogP contribution in [0.2, 0.25) is 0 Å². The third-order valence-electron chi connectivity index (χ3n) is 4.01. The summed E-state index contributed by atoms with van der Waals surface area (Å²) in [4.78, 5) is 0.241. The summed E-state index contributed by atoms with van der Waals surface area (Å²) in [6.07, 6.45) is 2.38. The van der Waals surface area contributed by atoms with Crippen molar-refractivity contribution in [2.45, 2.75) is 24.3 Å². The largest absolute Gasteiger partial charge is 0.394 e. The first-order valence-corrected chi connectivity index (χ1v) is 8.95. The molecule has 0 unspecified atom stereocenters. The summed E-state index contributed by atoms with van der Waals surface area (Å²) in [6.45, 7) is 1.70. The van der Waals surface area contributed by atoms with Gasteiger partial charge in [-0.15, -0.1) is 0 Å². The maximum absolute atomic E-state index is 13.1. The molecule has 120 valence electrons. The van der Waals surface area contributed by atoms with Crippen LogP contribution in [-0.2, 0) is 10.0 Å². The monoisotopic (exact) mass is 329 g/mol. The molecule has 2 aromatic carbocycles. The van der Waals surface area contributed by atoms with Gasteiger partial charge in [-0.25, -0.2) is 8.42 Å². The average molecular weight is 329 g/mol. The van der Waals surface area contributed by atoms with Crippen LogP contribution >= 0.6 is 0 Å². The molecule has 0 radical (unpaired) electrons. The number of hydrogen-bond donors (Lipinski definition) is 1. The number of hydrogen-bond acceptors (Lipinski definition) is 3. The Labute approximate surface area is 136 Å². The van der Waals surface area contributed by atoms with E-state index >= 15 is 0 Å². The fraction of sp³-hybridized carbons (Fsp3) is 0.222. The van der Waals surface area contributed by atoms with E-state index in [1.165, 1.54) is 4.31 Å². The molecule has 1 aliphatic rings. The molecule has 5 heteroatoms. The molecule has 2 aromatic rings. The van der Waals surface area contributed by atoms with Gasteiger partial charge in [-0.1, -0.05) is 54.1 Å². The zero-order valence-electron chi connectivity index (χ0n) is 12.9. The lowest BCUT2D eigenvalue weighted by Crippen LogP contribution is -2.37. The maximum atomic E-state index is 13.1. The zero-order chi connectivity index (χ0) is 16.4. The van der Waals surface area contributed by atoms with E-state index in [-0.39, 0.29) is 11.5 Å². The van der Waals surface area contributed by atoms with Gasteiger partial charge < -0.3 is 5.11 Å². The zero-order valence-corrected chi connectivity index (χ0v) is 13.7. The van der Waals surface area contributed by atoms with Crippen LogP contribution in [0.5, 0.6) is 0 Å². The van der Waals surface area contributed by atoms with Gasteiger partial charge in [0, 0.05) is 0 Å². The molecule has 0 spiro atoms. The lowest BCUT2D eigenvalue weighted by Gasteiger charge is -2.28. The topological polar surface area (TPSA) is 57.6 Å². The first-order chi connectivity index (χ1) is 11.0. The third kappa shape index (κ3) is 2.90. The van der Waals surface area contributed by atoms with Crippen molar-refractivity contribution in [1.82, 2.24) is 4.31 Å². The van der Waals surface area contributed by atoms with Gasteiger partial charge in [-0.2, -0.15) is 0 Å². The quantitative estimate of drug-likeness (QED) is 0.938. The highest BCUT2D eigenvalue weighted by Crippen LogP contribution is 2.35. The van der Waals surface area contributed by atoms with Crippen molar-refractivity contribution in [3.05, 3.63) is 71.8 Å². The molecule has 0 bridgehead atoms. The van der Waals surface area contributed by atoms with Crippen LogP contribution in [-0.4, -0.2) is 30.5 Å². The van der Waals surface area contributed by atoms with Crippen LogP contribution in [0.1, 0.15) is 17.5 Å². The molecule has 0 amide bonds. The molecule has 1 atom stereocenters. The Hall–Kier alpha value is -2.11. The summed E-state index contributed by atoms with van der Waals surface area (Å²) in [6, 6.07) is 15.7. The van der Waals surface area contributed by atoms with Crippen molar-refractivity contribution < 1.29 is 13.5 Å². The SMILES string of the molecule is Cc1ccc(S(=O)(=O)N2C(c3ccccc3)=CC[C@H]2CO)cc1. The van der Waals surface area contributed by atoms with E-state index in [4.69, 9.17) is 0 Å². The van der Waals surface area contributed by atoms with Crippen molar-refractivity contribution in [1.29, 1.82) is 0 Å². The highest BCUT2D eigenvalue weighted by Gasteiger charge is 2.36. The molecule has 0 fully saturated rings. The van der Waals surface area contributed by atoms with Crippen molar-refractivity contribution in [2.24, 2.45) is 0 Å². The standard InChI is InChI=1S/C18H19NO3S/c1-14-7-10-17(11-8-14)23(21,22)19-16(13-20)9-12-18(19)15-5-3-2-4-6-15/h2-8,10-12,16,20H,9,13H2,1H3/t16-/m0/s1. The molecule has 23 heavy (non-hydrogen) atoms. The molecule has 1 aliphatic heterocycles. The fourth-order valence-corrected chi connectivity index (χ4v) is 4.47. The van der Waals surface area contributed by atoms with E-state index in [0.717, 1.165) is 11.1 Å². The van der Waals surface area contributed by atoms with Gasteiger partial charge in [0.1, 0.15) is 0 Å². The highest BCUT2D eigenvalue weighted by molar-refractivity contribution is 7.89. The van der Waals surface area contributed by atoms with Crippen LogP contribution in [0.15, 0.2) is 65.6 Å². The van der Waals surface area contributed by atoms with Gasteiger partial charge in [0.25, 0.3) is 10.0 Å². The molecular formula is C18H19NO3S. The maximum Gasteiger partial charge on any atom is 0.264 e. The second-order valence-electron chi connectivity index (χ2n) is 5.64. The van der Waals surface area contributed by atoms with Crippen LogP contribution in [0.3, 0.4) is 0 Å². The Morgan fingerprint density at radius 2 is 1.74 bits per heavy atom. The van der Waals surface area contributed by atoms with Crippen molar-refractivity contribution in [3.8, 4) is 0 Å². The summed E-state index contributed by atoms with van der Waals surface area (Å²) >= 11 is 0. The highest BCUT2D eigenvalue weighted by atomic mass is 32.2. The number of benzene rings is 2. The molecule has 1 heterocycles. The molecular weight excluding hydrogens is 310 g/mol. The van der Waals surface area contributed by atoms with E-state index in [0.29, 0.717) is 12.1 Å². The summed E-state index contributed by atoms with van der Waals surface area (Å²) in [5.74, 6) is 0. The molecule has 4 nitrogen and oxygen atoms in total. The van der Waals surface area contributed by atoms with Crippen LogP contribution < -0.4 is 0 Å². The number of aryl methyl sites for hydroxylation is 1. The Morgan fingerprint density at radius 1 is 1.09 bits per heavy atom. The van der Waals surface area contributed by atoms with E-state index in [2.05, 4.69) is 0 Å². The summed E-state index contributed by atoms with van der Waals surface area (Å²) in [5.41, 5.74) is 2.47. The summed E-state index contributed by atoms with van der Waals surface area (Å²) < 4.78 is 27.5. The number of aliphatic hydroxyl groups excluding tert-OH is 1. The molecule has 0 aromatic heterocycles. The number of nitrogens with zero attached hydrogens (tertiary/aromatic N) is 1. The van der Waals surface area contributed by atoms with Crippen LogP contribution in [0, 0.1) is 6.92 Å². The minimum absolute atomic E-state index is 0.210. The first kappa shape index (κ1) is 15.8. The fourth-order valence-electron chi connectivity index (χ4n) is 2.78. The van der Waals surface area contributed by atoms with E-state index in [1.54, 1.807) is 24.3 Å². The third-order valence-corrected chi connectivity index (χ3v) is 5.89. The molecule has 1 N–H and O–H groups in total. The molecule has 0 saturated carbocycles. The van der Waals surface area contributed by atoms with Crippen LogP contribution in [0.4, 0.5) is 0 Å². The second kappa shape index (κ2) is 6.18. The smallest absolute Gasteiger partial charge is 0.264 e. The summed E-state index contributed by atoms with van der Waals surface area (Å²) in [7, 11) is -3.71. The molecule has 0 aliphatic carbocycles. The predicted molar refractivity (Wildman–Crippen MR) is 90.1 cm³/mol. The number of sulfonamides is 1. The number of rotatable bonds is 4. The van der Waals surface area contributed by atoms with Crippen molar-refractivity contribution in [3.63, 3.8) is 0 Å². The van der Waals surface area contributed by atoms with Crippen molar-refractivity contribution in [2.75, 3.05) is 6.61 Å². The van der Waals surface area contributed by atoms with Crippen LogP contribution in [0.25, 0.3) is 5.70 Å². The lowest BCUT2D eigenvalue weighted by atomic mass is 10.2. The molecule has 3 rings (SSSR count). The molecule has 0 saturated heterocycles. The Balaban J connectivity index is 2.06. The second-order valence-corrected chi connectivity index (χ2v) is 7.46. The average Bonchev–Trinajstić information content (AvgIpc) is 3.01. The summed E-state index contributed by atoms with van der Waals surface area (Å²) in [5, 5.41) is 9.62. The van der Waals surface area contributed by atoms with Gasteiger partial charge in [0.05, 0.1) is 23.2 Å². The van der Waals surface area contributed by atoms with Gasteiger partial charge >= 0.3 is 0 Å².